The quantitative estimate of drug-likeness (QED) is 0.835. The number of fused-ring (bicyclic) bond motifs is 1. The first-order valence-corrected chi connectivity index (χ1v) is 9.76. The monoisotopic (exact) mass is 399 g/mol. The number of benzene rings is 2. The van der Waals surface area contributed by atoms with Crippen molar-refractivity contribution in [3.63, 3.8) is 0 Å². The van der Waals surface area contributed by atoms with Crippen LogP contribution in [0.2, 0.25) is 5.02 Å². The molecule has 0 spiro atoms. The molecule has 1 amide bonds. The van der Waals surface area contributed by atoms with E-state index in [4.69, 9.17) is 21.1 Å². The Morgan fingerprint density at radius 1 is 1.15 bits per heavy atom. The summed E-state index contributed by atoms with van der Waals surface area (Å²) in [5.74, 6) is -1.00. The molecule has 0 fully saturated rings. The van der Waals surface area contributed by atoms with Crippen molar-refractivity contribution in [1.82, 2.24) is 0 Å². The van der Waals surface area contributed by atoms with Crippen LogP contribution in [-0.4, -0.2) is 33.3 Å². The van der Waals surface area contributed by atoms with E-state index in [9.17, 15) is 17.6 Å². The molecular formula is C17H15ClFNO5S. The summed E-state index contributed by atoms with van der Waals surface area (Å²) < 4.78 is 49.3. The van der Waals surface area contributed by atoms with Gasteiger partial charge in [-0.3, -0.25) is 4.79 Å². The van der Waals surface area contributed by atoms with E-state index in [0.717, 1.165) is 0 Å². The number of anilines is 1. The Balaban J connectivity index is 1.66. The lowest BCUT2D eigenvalue weighted by Gasteiger charge is -2.18. The number of amides is 1. The van der Waals surface area contributed by atoms with Crippen LogP contribution < -0.4 is 14.8 Å². The minimum absolute atomic E-state index is 0.0310. The minimum atomic E-state index is -3.72. The van der Waals surface area contributed by atoms with Crippen molar-refractivity contribution >= 4 is 33.0 Å². The van der Waals surface area contributed by atoms with Crippen LogP contribution in [-0.2, 0) is 14.6 Å². The molecule has 138 valence electrons. The smallest absolute Gasteiger partial charge is 0.225 e. The molecule has 1 aliphatic heterocycles. The molecule has 0 atom stereocenters. The third-order valence-electron chi connectivity index (χ3n) is 3.70. The van der Waals surface area contributed by atoms with E-state index in [1.807, 2.05) is 0 Å². The average molecular weight is 400 g/mol. The molecule has 0 aliphatic carbocycles. The fourth-order valence-corrected chi connectivity index (χ4v) is 3.80. The highest BCUT2D eigenvalue weighted by Gasteiger charge is 2.21. The van der Waals surface area contributed by atoms with Crippen molar-refractivity contribution < 1.29 is 27.1 Å². The number of nitrogens with one attached hydrogen (secondary N) is 1. The molecule has 6 nitrogen and oxygen atoms in total. The summed E-state index contributed by atoms with van der Waals surface area (Å²) in [4.78, 5) is 12.0. The number of ether oxygens (including phenoxy) is 2. The van der Waals surface area contributed by atoms with Crippen LogP contribution in [0.25, 0.3) is 0 Å². The topological polar surface area (TPSA) is 81.7 Å². The molecular weight excluding hydrogens is 385 g/mol. The zero-order chi connectivity index (χ0) is 18.7. The first-order valence-electron chi connectivity index (χ1n) is 7.73. The zero-order valence-corrected chi connectivity index (χ0v) is 15.1. The molecule has 0 unspecified atom stereocenters. The molecule has 0 saturated carbocycles. The molecule has 0 bridgehead atoms. The van der Waals surface area contributed by atoms with Crippen LogP contribution in [0.15, 0.2) is 41.3 Å². The lowest BCUT2D eigenvalue weighted by Crippen LogP contribution is -2.19. The second kappa shape index (κ2) is 7.51. The number of halogens is 2. The number of rotatable bonds is 5. The minimum Gasteiger partial charge on any atom is -0.486 e. The Kier molecular flexibility index (Phi) is 5.33. The SMILES string of the molecule is O=C(CCS(=O)(=O)c1ccc2c(c1)OCCO2)Nc1cccc(Cl)c1F. The Bertz CT molecular complexity index is 948. The first kappa shape index (κ1) is 18.5. The highest BCUT2D eigenvalue weighted by molar-refractivity contribution is 7.91. The fourth-order valence-electron chi connectivity index (χ4n) is 2.38. The van der Waals surface area contributed by atoms with Gasteiger partial charge >= 0.3 is 0 Å². The number of carbonyl (C=O) groups excluding carboxylic acids is 1. The molecule has 9 heteroatoms. The number of hydrogen-bond acceptors (Lipinski definition) is 5. The summed E-state index contributed by atoms with van der Waals surface area (Å²) in [6.07, 6.45) is -0.331. The van der Waals surface area contributed by atoms with E-state index in [-0.39, 0.29) is 22.0 Å². The summed E-state index contributed by atoms with van der Waals surface area (Å²) in [6, 6.07) is 8.46. The molecule has 2 aromatic carbocycles. The van der Waals surface area contributed by atoms with Gasteiger partial charge in [0.15, 0.2) is 27.2 Å². The summed E-state index contributed by atoms with van der Waals surface area (Å²) in [7, 11) is -3.72. The van der Waals surface area contributed by atoms with Crippen LogP contribution >= 0.6 is 11.6 Å². The number of sulfone groups is 1. The van der Waals surface area contributed by atoms with Gasteiger partial charge in [-0.25, -0.2) is 12.8 Å². The molecule has 26 heavy (non-hydrogen) atoms. The standard InChI is InChI=1S/C17H15ClFNO5S/c18-12-2-1-3-13(17(12)19)20-16(21)6-9-26(22,23)11-4-5-14-15(10-11)25-8-7-24-14/h1-5,10H,6-9H2,(H,20,21). The normalized spacial score (nSPS) is 13.3. The van der Waals surface area contributed by atoms with Crippen molar-refractivity contribution in [1.29, 1.82) is 0 Å². The fraction of sp³-hybridized carbons (Fsp3) is 0.235. The molecule has 3 rings (SSSR count). The van der Waals surface area contributed by atoms with E-state index in [1.165, 1.54) is 36.4 Å². The van der Waals surface area contributed by atoms with Crippen LogP contribution in [0.5, 0.6) is 11.5 Å². The van der Waals surface area contributed by atoms with Crippen LogP contribution in [0, 0.1) is 5.82 Å². The van der Waals surface area contributed by atoms with Gasteiger partial charge in [-0.1, -0.05) is 17.7 Å². The van der Waals surface area contributed by atoms with E-state index < -0.39 is 27.3 Å². The van der Waals surface area contributed by atoms with Gasteiger partial charge in [-0.05, 0) is 24.3 Å². The molecule has 1 aliphatic rings. The number of hydrogen-bond donors (Lipinski definition) is 1. The van der Waals surface area contributed by atoms with Crippen LogP contribution in [0.3, 0.4) is 0 Å². The zero-order valence-electron chi connectivity index (χ0n) is 13.5. The molecule has 0 saturated heterocycles. The maximum Gasteiger partial charge on any atom is 0.225 e. The lowest BCUT2D eigenvalue weighted by atomic mass is 10.3. The van der Waals surface area contributed by atoms with E-state index >= 15 is 0 Å². The summed E-state index contributed by atoms with van der Waals surface area (Å²) >= 11 is 5.64. The van der Waals surface area contributed by atoms with E-state index in [2.05, 4.69) is 5.32 Å². The molecule has 2 aromatic rings. The van der Waals surface area contributed by atoms with Gasteiger partial charge in [0.05, 0.1) is 21.4 Å². The average Bonchev–Trinajstić information content (AvgIpc) is 2.63. The van der Waals surface area contributed by atoms with Crippen molar-refractivity contribution in [2.24, 2.45) is 0 Å². The molecule has 0 radical (unpaired) electrons. The Morgan fingerprint density at radius 3 is 2.65 bits per heavy atom. The lowest BCUT2D eigenvalue weighted by molar-refractivity contribution is -0.115. The summed E-state index contributed by atoms with van der Waals surface area (Å²) in [6.45, 7) is 0.740. The molecule has 0 aromatic heterocycles. The Labute approximate surface area is 154 Å². The second-order valence-electron chi connectivity index (χ2n) is 5.52. The molecule has 1 N–H and O–H groups in total. The largest absolute Gasteiger partial charge is 0.486 e. The highest BCUT2D eigenvalue weighted by atomic mass is 35.5. The van der Waals surface area contributed by atoms with Crippen molar-refractivity contribution in [2.75, 3.05) is 24.3 Å². The van der Waals surface area contributed by atoms with Gasteiger partial charge in [0, 0.05) is 12.5 Å². The van der Waals surface area contributed by atoms with E-state index in [1.54, 1.807) is 0 Å². The van der Waals surface area contributed by atoms with Crippen LogP contribution in [0.4, 0.5) is 10.1 Å². The summed E-state index contributed by atoms with van der Waals surface area (Å²) in [5, 5.41) is 2.18. The predicted octanol–water partition coefficient (Wildman–Crippen LogP) is 3.05. The maximum absolute atomic E-state index is 13.8. The van der Waals surface area contributed by atoms with Gasteiger partial charge in [0.2, 0.25) is 5.91 Å². The van der Waals surface area contributed by atoms with Gasteiger partial charge in [-0.15, -0.1) is 0 Å². The molecule has 1 heterocycles. The third-order valence-corrected chi connectivity index (χ3v) is 5.70. The third kappa shape index (κ3) is 4.08. The number of carbonyl (C=O) groups is 1. The van der Waals surface area contributed by atoms with E-state index in [0.29, 0.717) is 24.7 Å². The highest BCUT2D eigenvalue weighted by Crippen LogP contribution is 2.32. The van der Waals surface area contributed by atoms with Gasteiger partial charge in [0.25, 0.3) is 0 Å². The van der Waals surface area contributed by atoms with Crippen molar-refractivity contribution in [3.8, 4) is 11.5 Å². The predicted molar refractivity (Wildman–Crippen MR) is 94.1 cm³/mol. The Morgan fingerprint density at radius 2 is 1.88 bits per heavy atom. The first-order chi connectivity index (χ1) is 12.4. The van der Waals surface area contributed by atoms with Crippen molar-refractivity contribution in [2.45, 2.75) is 11.3 Å². The maximum atomic E-state index is 13.8. The van der Waals surface area contributed by atoms with Gasteiger partial charge < -0.3 is 14.8 Å². The van der Waals surface area contributed by atoms with Crippen LogP contribution in [0.1, 0.15) is 6.42 Å². The van der Waals surface area contributed by atoms with Gasteiger partial charge in [-0.2, -0.15) is 0 Å². The summed E-state index contributed by atoms with van der Waals surface area (Å²) in [5.41, 5.74) is -0.0979. The van der Waals surface area contributed by atoms with Gasteiger partial charge in [0.1, 0.15) is 13.2 Å². The Hall–Kier alpha value is -2.32. The second-order valence-corrected chi connectivity index (χ2v) is 8.04. The van der Waals surface area contributed by atoms with Crippen molar-refractivity contribution in [3.05, 3.63) is 47.2 Å².